The molecule has 1 heterocycles. The Morgan fingerprint density at radius 2 is 1.46 bits per heavy atom. The molecule has 0 spiro atoms. The molecule has 0 atom stereocenters. The van der Waals surface area contributed by atoms with Crippen LogP contribution >= 0.6 is 0 Å². The highest BCUT2D eigenvalue weighted by Gasteiger charge is 2.29. The van der Waals surface area contributed by atoms with Crippen LogP contribution in [0, 0.1) is 6.92 Å². The van der Waals surface area contributed by atoms with E-state index >= 15 is 0 Å². The van der Waals surface area contributed by atoms with E-state index in [0.717, 1.165) is 35.2 Å². The van der Waals surface area contributed by atoms with Gasteiger partial charge in [0, 0.05) is 19.6 Å². The third-order valence-electron chi connectivity index (χ3n) is 6.94. The van der Waals surface area contributed by atoms with Crippen molar-refractivity contribution < 1.29 is 17.9 Å². The van der Waals surface area contributed by atoms with Crippen LogP contribution < -0.4 is 9.04 Å². The van der Waals surface area contributed by atoms with Gasteiger partial charge in [0.05, 0.1) is 10.6 Å². The fraction of sp³-hybridized carbons (Fsp3) is 0.219. The third-order valence-corrected chi connectivity index (χ3v) is 8.75. The summed E-state index contributed by atoms with van der Waals surface area (Å²) in [5.41, 5.74) is 4.51. The molecule has 1 aliphatic heterocycles. The molecule has 0 aliphatic carbocycles. The van der Waals surface area contributed by atoms with Crippen LogP contribution in [0.4, 0.5) is 5.69 Å². The van der Waals surface area contributed by atoms with Crippen molar-refractivity contribution in [2.75, 3.05) is 17.5 Å². The predicted octanol–water partition coefficient (Wildman–Crippen LogP) is 5.74. The van der Waals surface area contributed by atoms with Gasteiger partial charge in [-0.15, -0.1) is 0 Å². The smallest absolute Gasteiger partial charge is 0.264 e. The minimum absolute atomic E-state index is 0.147. The van der Waals surface area contributed by atoms with Gasteiger partial charge in [-0.3, -0.25) is 9.10 Å². The lowest BCUT2D eigenvalue weighted by atomic mass is 10.0. The van der Waals surface area contributed by atoms with Crippen molar-refractivity contribution in [3.63, 3.8) is 0 Å². The number of amides is 1. The van der Waals surface area contributed by atoms with Crippen LogP contribution in [0.1, 0.15) is 28.7 Å². The highest BCUT2D eigenvalue weighted by molar-refractivity contribution is 7.92. The number of carbonyl (C=O) groups is 1. The summed E-state index contributed by atoms with van der Waals surface area (Å²) in [6, 6.07) is 32.2. The molecule has 4 aromatic carbocycles. The standard InChI is InChI=1S/C32H32N2O4S/c1-25-21-29(39(36,37)34-20-10-16-28-15-8-9-17-30(28)34)18-19-31(25)38-24-32(35)33(22-26-11-4-2-5-12-26)23-27-13-6-3-7-14-27/h2-9,11-15,17-19,21H,10,16,20,22-24H2,1H3. The number of rotatable bonds is 9. The highest BCUT2D eigenvalue weighted by Crippen LogP contribution is 2.33. The average molecular weight is 541 g/mol. The number of hydrogen-bond donors (Lipinski definition) is 0. The lowest BCUT2D eigenvalue weighted by Crippen LogP contribution is -2.35. The number of carbonyl (C=O) groups excluding carboxylic acids is 1. The first-order chi connectivity index (χ1) is 18.9. The molecule has 6 nitrogen and oxygen atoms in total. The Hall–Kier alpha value is -4.10. The Bertz CT molecular complexity index is 1500. The zero-order chi connectivity index (χ0) is 27.2. The summed E-state index contributed by atoms with van der Waals surface area (Å²) < 4.78 is 34.5. The van der Waals surface area contributed by atoms with Gasteiger partial charge in [-0.1, -0.05) is 78.9 Å². The maximum absolute atomic E-state index is 13.5. The molecule has 39 heavy (non-hydrogen) atoms. The SMILES string of the molecule is Cc1cc(S(=O)(=O)N2CCCc3ccccc32)ccc1OCC(=O)N(Cc1ccccc1)Cc1ccccc1. The molecule has 1 aliphatic rings. The molecule has 0 saturated carbocycles. The van der Waals surface area contributed by atoms with E-state index in [1.54, 1.807) is 30.0 Å². The van der Waals surface area contributed by atoms with Crippen molar-refractivity contribution in [3.8, 4) is 5.75 Å². The molecule has 5 rings (SSSR count). The van der Waals surface area contributed by atoms with Gasteiger partial charge in [0.2, 0.25) is 0 Å². The second-order valence-electron chi connectivity index (χ2n) is 9.75. The zero-order valence-electron chi connectivity index (χ0n) is 22.0. The van der Waals surface area contributed by atoms with Crippen molar-refractivity contribution in [1.29, 1.82) is 0 Å². The van der Waals surface area contributed by atoms with Crippen molar-refractivity contribution in [1.82, 2.24) is 4.90 Å². The topological polar surface area (TPSA) is 66.9 Å². The molecule has 0 N–H and O–H groups in total. The molecular formula is C32H32N2O4S. The maximum atomic E-state index is 13.5. The Balaban J connectivity index is 1.30. The van der Waals surface area contributed by atoms with Crippen molar-refractivity contribution >= 4 is 21.6 Å². The first-order valence-corrected chi connectivity index (χ1v) is 14.6. The molecule has 4 aromatic rings. The van der Waals surface area contributed by atoms with E-state index in [2.05, 4.69) is 0 Å². The average Bonchev–Trinajstić information content (AvgIpc) is 2.96. The van der Waals surface area contributed by atoms with Crippen molar-refractivity contribution in [3.05, 3.63) is 125 Å². The Morgan fingerprint density at radius 1 is 0.846 bits per heavy atom. The lowest BCUT2D eigenvalue weighted by molar-refractivity contribution is -0.134. The number of ether oxygens (including phenoxy) is 1. The monoisotopic (exact) mass is 540 g/mol. The second-order valence-corrected chi connectivity index (χ2v) is 11.6. The number of benzene rings is 4. The molecule has 0 radical (unpaired) electrons. The zero-order valence-corrected chi connectivity index (χ0v) is 22.8. The van der Waals surface area contributed by atoms with Crippen molar-refractivity contribution in [2.45, 2.75) is 37.8 Å². The minimum atomic E-state index is -3.73. The van der Waals surface area contributed by atoms with Crippen LogP contribution in [-0.4, -0.2) is 32.4 Å². The van der Waals surface area contributed by atoms with Crippen LogP contribution in [0.5, 0.6) is 5.75 Å². The number of para-hydroxylation sites is 1. The summed E-state index contributed by atoms with van der Waals surface area (Å²) in [7, 11) is -3.73. The highest BCUT2D eigenvalue weighted by atomic mass is 32.2. The molecule has 0 unspecified atom stereocenters. The van der Waals surface area contributed by atoms with E-state index < -0.39 is 10.0 Å². The van der Waals surface area contributed by atoms with Gasteiger partial charge in [-0.05, 0) is 66.3 Å². The molecule has 0 bridgehead atoms. The predicted molar refractivity (Wildman–Crippen MR) is 153 cm³/mol. The Morgan fingerprint density at radius 3 is 2.10 bits per heavy atom. The Kier molecular flexibility index (Phi) is 7.98. The fourth-order valence-corrected chi connectivity index (χ4v) is 6.52. The first-order valence-electron chi connectivity index (χ1n) is 13.1. The van der Waals surface area contributed by atoms with E-state index in [4.69, 9.17) is 4.74 Å². The molecule has 7 heteroatoms. The van der Waals surface area contributed by atoms with Gasteiger partial charge in [0.25, 0.3) is 15.9 Å². The summed E-state index contributed by atoms with van der Waals surface area (Å²) >= 11 is 0. The number of sulfonamides is 1. The summed E-state index contributed by atoms with van der Waals surface area (Å²) in [4.78, 5) is 15.3. The summed E-state index contributed by atoms with van der Waals surface area (Å²) in [5, 5.41) is 0. The summed E-state index contributed by atoms with van der Waals surface area (Å²) in [6.07, 6.45) is 1.65. The summed E-state index contributed by atoms with van der Waals surface area (Å²) in [6.45, 7) is 3.03. The number of nitrogens with zero attached hydrogens (tertiary/aromatic N) is 2. The normalized spacial score (nSPS) is 13.0. The van der Waals surface area contributed by atoms with E-state index in [0.29, 0.717) is 30.9 Å². The van der Waals surface area contributed by atoms with Crippen LogP contribution in [-0.2, 0) is 34.3 Å². The van der Waals surface area contributed by atoms with Gasteiger partial charge in [0.1, 0.15) is 5.75 Å². The number of aryl methyl sites for hydroxylation is 2. The van der Waals surface area contributed by atoms with E-state index in [1.807, 2.05) is 84.9 Å². The molecular weight excluding hydrogens is 508 g/mol. The fourth-order valence-electron chi connectivity index (χ4n) is 4.89. The van der Waals surface area contributed by atoms with E-state index in [1.165, 1.54) is 4.31 Å². The van der Waals surface area contributed by atoms with Crippen molar-refractivity contribution in [2.24, 2.45) is 0 Å². The molecule has 1 amide bonds. The van der Waals surface area contributed by atoms with Gasteiger partial charge in [0.15, 0.2) is 6.61 Å². The van der Waals surface area contributed by atoms with E-state index in [-0.39, 0.29) is 17.4 Å². The largest absolute Gasteiger partial charge is 0.483 e. The van der Waals surface area contributed by atoms with Gasteiger partial charge in [-0.25, -0.2) is 8.42 Å². The van der Waals surface area contributed by atoms with E-state index in [9.17, 15) is 13.2 Å². The molecule has 0 saturated heterocycles. The van der Waals surface area contributed by atoms with Crippen LogP contribution in [0.2, 0.25) is 0 Å². The number of fused-ring (bicyclic) bond motifs is 1. The van der Waals surface area contributed by atoms with Crippen LogP contribution in [0.15, 0.2) is 108 Å². The quantitative estimate of drug-likeness (QED) is 0.271. The summed E-state index contributed by atoms with van der Waals surface area (Å²) in [5.74, 6) is 0.337. The molecule has 0 aromatic heterocycles. The Labute approximate surface area is 230 Å². The second kappa shape index (κ2) is 11.7. The van der Waals surface area contributed by atoms with Gasteiger partial charge >= 0.3 is 0 Å². The first kappa shape index (κ1) is 26.5. The molecule has 200 valence electrons. The van der Waals surface area contributed by atoms with Gasteiger partial charge in [-0.2, -0.15) is 0 Å². The lowest BCUT2D eigenvalue weighted by Gasteiger charge is -2.30. The van der Waals surface area contributed by atoms with Crippen LogP contribution in [0.3, 0.4) is 0 Å². The number of hydrogen-bond acceptors (Lipinski definition) is 4. The molecule has 0 fully saturated rings. The maximum Gasteiger partial charge on any atom is 0.264 e. The number of anilines is 1. The van der Waals surface area contributed by atoms with Gasteiger partial charge < -0.3 is 9.64 Å². The third kappa shape index (κ3) is 6.15. The van der Waals surface area contributed by atoms with Crippen LogP contribution in [0.25, 0.3) is 0 Å². The minimum Gasteiger partial charge on any atom is -0.483 e.